The van der Waals surface area contributed by atoms with Crippen molar-refractivity contribution in [3.8, 4) is 6.07 Å². The summed E-state index contributed by atoms with van der Waals surface area (Å²) in [6, 6.07) is 1.73. The van der Waals surface area contributed by atoms with Gasteiger partial charge in [-0.3, -0.25) is 9.59 Å². The second-order valence-corrected chi connectivity index (χ2v) is 3.74. The highest BCUT2D eigenvalue weighted by Crippen LogP contribution is 2.07. The summed E-state index contributed by atoms with van der Waals surface area (Å²) in [4.78, 5) is 24.1. The lowest BCUT2D eigenvalue weighted by molar-refractivity contribution is -0.146. The summed E-state index contributed by atoms with van der Waals surface area (Å²) in [5, 5.41) is 10.5. The van der Waals surface area contributed by atoms with Crippen LogP contribution >= 0.6 is 0 Å². The van der Waals surface area contributed by atoms with Crippen LogP contribution in [0.3, 0.4) is 0 Å². The summed E-state index contributed by atoms with van der Waals surface area (Å²) in [5.41, 5.74) is 0. The third kappa shape index (κ3) is 3.98. The van der Waals surface area contributed by atoms with Gasteiger partial charge in [0.1, 0.15) is 6.54 Å². The standard InChI is InChI=1S/C10H17N3O2/c1-7(2)8(3)13(4)10(15)9(14)12-6-5-11/h7-8H,6H2,1-4H3,(H,12,14). The lowest BCUT2D eigenvalue weighted by atomic mass is 10.1. The Hall–Kier alpha value is -1.57. The zero-order valence-corrected chi connectivity index (χ0v) is 9.57. The smallest absolute Gasteiger partial charge is 0.311 e. The molecule has 0 radical (unpaired) electrons. The number of nitrogens with one attached hydrogen (secondary N) is 1. The largest absolute Gasteiger partial charge is 0.335 e. The van der Waals surface area contributed by atoms with Crippen LogP contribution < -0.4 is 5.32 Å². The number of hydrogen-bond acceptors (Lipinski definition) is 3. The fraction of sp³-hybridized carbons (Fsp3) is 0.700. The van der Waals surface area contributed by atoms with Crippen molar-refractivity contribution in [2.24, 2.45) is 5.92 Å². The molecule has 5 heteroatoms. The molecular weight excluding hydrogens is 194 g/mol. The van der Waals surface area contributed by atoms with E-state index >= 15 is 0 Å². The van der Waals surface area contributed by atoms with E-state index < -0.39 is 11.8 Å². The molecule has 1 N–H and O–H groups in total. The zero-order valence-electron chi connectivity index (χ0n) is 9.57. The molecule has 0 aromatic carbocycles. The topological polar surface area (TPSA) is 73.2 Å². The molecule has 0 fully saturated rings. The fourth-order valence-electron chi connectivity index (χ4n) is 0.988. The van der Waals surface area contributed by atoms with Gasteiger partial charge in [0.25, 0.3) is 0 Å². The van der Waals surface area contributed by atoms with E-state index in [2.05, 4.69) is 5.32 Å². The van der Waals surface area contributed by atoms with Crippen LogP contribution in [0.4, 0.5) is 0 Å². The van der Waals surface area contributed by atoms with E-state index in [9.17, 15) is 9.59 Å². The Morgan fingerprint density at radius 3 is 2.33 bits per heavy atom. The third-order valence-electron chi connectivity index (χ3n) is 2.42. The molecule has 0 saturated carbocycles. The van der Waals surface area contributed by atoms with Crippen molar-refractivity contribution in [1.29, 1.82) is 5.26 Å². The average Bonchev–Trinajstić information content (AvgIpc) is 2.22. The van der Waals surface area contributed by atoms with Crippen LogP contribution in [0.15, 0.2) is 0 Å². The molecule has 2 amide bonds. The van der Waals surface area contributed by atoms with Crippen molar-refractivity contribution in [2.45, 2.75) is 26.8 Å². The summed E-state index contributed by atoms with van der Waals surface area (Å²) in [6.07, 6.45) is 0. The van der Waals surface area contributed by atoms with E-state index in [1.165, 1.54) is 4.90 Å². The van der Waals surface area contributed by atoms with Crippen LogP contribution in [-0.2, 0) is 9.59 Å². The second kappa shape index (κ2) is 6.02. The van der Waals surface area contributed by atoms with Crippen LogP contribution in [-0.4, -0.2) is 36.3 Å². The van der Waals surface area contributed by atoms with E-state index in [0.29, 0.717) is 0 Å². The van der Waals surface area contributed by atoms with Crippen molar-refractivity contribution < 1.29 is 9.59 Å². The molecule has 0 saturated heterocycles. The summed E-state index contributed by atoms with van der Waals surface area (Å²) in [7, 11) is 1.58. The maximum Gasteiger partial charge on any atom is 0.311 e. The highest BCUT2D eigenvalue weighted by molar-refractivity contribution is 6.35. The molecule has 0 aromatic heterocycles. The molecule has 0 aliphatic heterocycles. The molecule has 0 aliphatic rings. The van der Waals surface area contributed by atoms with Gasteiger partial charge in [-0.25, -0.2) is 0 Å². The summed E-state index contributed by atoms with van der Waals surface area (Å²) in [6.45, 7) is 5.68. The Labute approximate surface area is 90.0 Å². The van der Waals surface area contributed by atoms with Crippen LogP contribution in [0, 0.1) is 17.2 Å². The summed E-state index contributed by atoms with van der Waals surface area (Å²) >= 11 is 0. The SMILES string of the molecule is CC(C)C(C)N(C)C(=O)C(=O)NCC#N. The van der Waals surface area contributed by atoms with E-state index in [-0.39, 0.29) is 18.5 Å². The van der Waals surface area contributed by atoms with Gasteiger partial charge in [0.2, 0.25) is 0 Å². The van der Waals surface area contributed by atoms with Crippen molar-refractivity contribution >= 4 is 11.8 Å². The molecule has 1 unspecified atom stereocenters. The van der Waals surface area contributed by atoms with Gasteiger partial charge in [-0.05, 0) is 12.8 Å². The molecule has 84 valence electrons. The zero-order chi connectivity index (χ0) is 12.0. The second-order valence-electron chi connectivity index (χ2n) is 3.74. The molecule has 5 nitrogen and oxygen atoms in total. The first-order valence-electron chi connectivity index (χ1n) is 4.83. The molecular formula is C10H17N3O2. The highest BCUT2D eigenvalue weighted by atomic mass is 16.2. The Morgan fingerprint density at radius 2 is 1.93 bits per heavy atom. The Kier molecular flexibility index (Phi) is 5.39. The normalized spacial score (nSPS) is 11.7. The number of nitrogens with zero attached hydrogens (tertiary/aromatic N) is 2. The highest BCUT2D eigenvalue weighted by Gasteiger charge is 2.23. The van der Waals surface area contributed by atoms with Gasteiger partial charge < -0.3 is 10.2 Å². The first kappa shape index (κ1) is 13.4. The maximum absolute atomic E-state index is 11.5. The number of carbonyl (C=O) groups excluding carboxylic acids is 2. The minimum atomic E-state index is -0.730. The molecule has 0 aromatic rings. The molecule has 0 rings (SSSR count). The van der Waals surface area contributed by atoms with Crippen LogP contribution in [0.2, 0.25) is 0 Å². The van der Waals surface area contributed by atoms with Gasteiger partial charge in [0, 0.05) is 13.1 Å². The predicted molar refractivity (Wildman–Crippen MR) is 55.7 cm³/mol. The van der Waals surface area contributed by atoms with E-state index in [4.69, 9.17) is 5.26 Å². The number of nitriles is 1. The number of likely N-dealkylation sites (N-methyl/N-ethyl adjacent to an activating group) is 1. The number of hydrogen-bond donors (Lipinski definition) is 1. The van der Waals surface area contributed by atoms with Crippen molar-refractivity contribution in [1.82, 2.24) is 10.2 Å². The molecule has 15 heavy (non-hydrogen) atoms. The van der Waals surface area contributed by atoms with Crippen LogP contribution in [0.1, 0.15) is 20.8 Å². The van der Waals surface area contributed by atoms with Crippen molar-refractivity contribution in [2.75, 3.05) is 13.6 Å². The third-order valence-corrected chi connectivity index (χ3v) is 2.42. The van der Waals surface area contributed by atoms with Gasteiger partial charge in [0.15, 0.2) is 0 Å². The Morgan fingerprint density at radius 1 is 1.40 bits per heavy atom. The molecule has 0 spiro atoms. The lowest BCUT2D eigenvalue weighted by Crippen LogP contribution is -2.46. The number of carbonyl (C=O) groups is 2. The Bertz CT molecular complexity index is 281. The monoisotopic (exact) mass is 211 g/mol. The fourth-order valence-corrected chi connectivity index (χ4v) is 0.988. The molecule has 0 aliphatic carbocycles. The Balaban J connectivity index is 4.32. The summed E-state index contributed by atoms with van der Waals surface area (Å²) < 4.78 is 0. The van der Waals surface area contributed by atoms with E-state index in [1.807, 2.05) is 20.8 Å². The van der Waals surface area contributed by atoms with Crippen molar-refractivity contribution in [3.63, 3.8) is 0 Å². The lowest BCUT2D eigenvalue weighted by Gasteiger charge is -2.27. The predicted octanol–water partition coefficient (Wildman–Crippen LogP) is 0.129. The van der Waals surface area contributed by atoms with Gasteiger partial charge in [0.05, 0.1) is 6.07 Å². The molecule has 0 heterocycles. The minimum absolute atomic E-state index is 0.00895. The van der Waals surface area contributed by atoms with E-state index in [0.717, 1.165) is 0 Å². The van der Waals surface area contributed by atoms with Gasteiger partial charge >= 0.3 is 11.8 Å². The van der Waals surface area contributed by atoms with E-state index in [1.54, 1.807) is 13.1 Å². The average molecular weight is 211 g/mol. The number of rotatable bonds is 3. The summed E-state index contributed by atoms with van der Waals surface area (Å²) in [5.74, 6) is -1.05. The molecule has 0 bridgehead atoms. The minimum Gasteiger partial charge on any atom is -0.335 e. The van der Waals surface area contributed by atoms with Gasteiger partial charge in [-0.15, -0.1) is 0 Å². The van der Waals surface area contributed by atoms with Crippen molar-refractivity contribution in [3.05, 3.63) is 0 Å². The maximum atomic E-state index is 11.5. The first-order valence-corrected chi connectivity index (χ1v) is 4.83. The van der Waals surface area contributed by atoms with Gasteiger partial charge in [-0.2, -0.15) is 5.26 Å². The first-order chi connectivity index (χ1) is 6.91. The van der Waals surface area contributed by atoms with Crippen LogP contribution in [0.25, 0.3) is 0 Å². The quantitative estimate of drug-likeness (QED) is 0.532. The number of amides is 2. The van der Waals surface area contributed by atoms with Gasteiger partial charge in [-0.1, -0.05) is 13.8 Å². The van der Waals surface area contributed by atoms with Crippen LogP contribution in [0.5, 0.6) is 0 Å². The molecule has 1 atom stereocenters.